The molecule has 1 amide bonds. The number of carbonyl (C=O) groups is 3. The lowest BCUT2D eigenvalue weighted by Gasteiger charge is -2.22. The van der Waals surface area contributed by atoms with Crippen molar-refractivity contribution < 1.29 is 24.6 Å². The van der Waals surface area contributed by atoms with E-state index < -0.39 is 23.9 Å². The fraction of sp³-hybridized carbons (Fsp3) is 0.353. The first kappa shape index (κ1) is 20.0. The maximum Gasteiger partial charge on any atom is 0.321 e. The van der Waals surface area contributed by atoms with Crippen LogP contribution in [0.5, 0.6) is 0 Å². The van der Waals surface area contributed by atoms with Gasteiger partial charge in [-0.15, -0.1) is 0 Å². The molecule has 0 radical (unpaired) electrons. The molecule has 0 unspecified atom stereocenters. The van der Waals surface area contributed by atoms with E-state index >= 15 is 0 Å². The summed E-state index contributed by atoms with van der Waals surface area (Å²) in [6.07, 6.45) is -0.303. The molecule has 4 N–H and O–H groups in total. The van der Waals surface area contributed by atoms with Gasteiger partial charge < -0.3 is 20.8 Å². The molecule has 0 aliphatic carbocycles. The van der Waals surface area contributed by atoms with E-state index in [-0.39, 0.29) is 31.3 Å². The lowest BCUT2D eigenvalue weighted by molar-refractivity contribution is -0.142. The largest absolute Gasteiger partial charge is 0.481 e. The number of azide groups is 1. The van der Waals surface area contributed by atoms with Gasteiger partial charge in [-0.2, -0.15) is 0 Å². The Balaban J connectivity index is 1.99. The van der Waals surface area contributed by atoms with Crippen molar-refractivity contribution in [2.45, 2.75) is 12.5 Å². The second-order valence-corrected chi connectivity index (χ2v) is 6.17. The predicted molar refractivity (Wildman–Crippen MR) is 95.4 cm³/mol. The third-order valence-electron chi connectivity index (χ3n) is 4.47. The third-order valence-corrected chi connectivity index (χ3v) is 4.47. The zero-order valence-corrected chi connectivity index (χ0v) is 14.3. The Kier molecular flexibility index (Phi) is 6.53. The van der Waals surface area contributed by atoms with Crippen LogP contribution in [0.3, 0.4) is 0 Å². The van der Waals surface area contributed by atoms with E-state index in [0.29, 0.717) is 16.8 Å². The van der Waals surface area contributed by atoms with Crippen molar-refractivity contribution in [1.29, 1.82) is 0 Å². The SMILES string of the molecule is C=C(CNC(=O)c1ccc(N=[N+]=[N-])cc1)[C@H]1CN[C@H](C(=O)O)[C@H]1CC(=O)O. The van der Waals surface area contributed by atoms with Gasteiger partial charge in [0.05, 0.1) is 6.42 Å². The van der Waals surface area contributed by atoms with Crippen molar-refractivity contribution in [3.05, 3.63) is 52.4 Å². The average molecular weight is 373 g/mol. The first-order valence-electron chi connectivity index (χ1n) is 8.12. The molecule has 10 nitrogen and oxygen atoms in total. The molecule has 1 saturated heterocycles. The molecule has 1 aliphatic heterocycles. The molecule has 27 heavy (non-hydrogen) atoms. The minimum absolute atomic E-state index is 0.0890. The highest BCUT2D eigenvalue weighted by molar-refractivity contribution is 5.94. The maximum absolute atomic E-state index is 12.2. The van der Waals surface area contributed by atoms with Gasteiger partial charge in [-0.25, -0.2) is 0 Å². The Morgan fingerprint density at radius 2 is 1.96 bits per heavy atom. The number of hydrogen-bond acceptors (Lipinski definition) is 5. The van der Waals surface area contributed by atoms with Gasteiger partial charge in [0.15, 0.2) is 0 Å². The van der Waals surface area contributed by atoms with E-state index in [1.54, 1.807) is 0 Å². The van der Waals surface area contributed by atoms with Gasteiger partial charge in [0.25, 0.3) is 5.91 Å². The number of carboxylic acid groups (broad SMARTS) is 2. The van der Waals surface area contributed by atoms with Gasteiger partial charge >= 0.3 is 11.9 Å². The standard InChI is InChI=1S/C17H19N5O5/c1-9(13-8-19-15(17(26)27)12(13)6-14(23)24)7-20-16(25)10-2-4-11(5-3-10)21-22-18/h2-5,12-13,15,19H,1,6-8H2,(H,20,25)(H,23,24)(H,26,27)/t12-,13+,15-/m0/s1. The Morgan fingerprint density at radius 3 is 2.52 bits per heavy atom. The van der Waals surface area contributed by atoms with Crippen LogP contribution in [-0.2, 0) is 9.59 Å². The first-order valence-corrected chi connectivity index (χ1v) is 8.12. The van der Waals surface area contributed by atoms with Crippen LogP contribution in [0.1, 0.15) is 16.8 Å². The summed E-state index contributed by atoms with van der Waals surface area (Å²) < 4.78 is 0. The molecule has 1 aliphatic rings. The number of nitrogens with zero attached hydrogens (tertiary/aromatic N) is 3. The minimum Gasteiger partial charge on any atom is -0.481 e. The quantitative estimate of drug-likeness (QED) is 0.234. The van der Waals surface area contributed by atoms with Crippen molar-refractivity contribution in [2.75, 3.05) is 13.1 Å². The summed E-state index contributed by atoms with van der Waals surface area (Å²) in [5, 5.41) is 27.2. The summed E-state index contributed by atoms with van der Waals surface area (Å²) in [6, 6.07) is 5.06. The van der Waals surface area contributed by atoms with Crippen LogP contribution in [0, 0.1) is 11.8 Å². The summed E-state index contributed by atoms with van der Waals surface area (Å²) in [5.74, 6) is -3.60. The van der Waals surface area contributed by atoms with Gasteiger partial charge in [-0.3, -0.25) is 14.4 Å². The number of nitrogens with one attached hydrogen (secondary N) is 2. The molecule has 0 aromatic heterocycles. The van der Waals surface area contributed by atoms with E-state index in [1.165, 1.54) is 24.3 Å². The molecule has 2 rings (SSSR count). The van der Waals surface area contributed by atoms with Gasteiger partial charge in [0.2, 0.25) is 0 Å². The van der Waals surface area contributed by atoms with Gasteiger partial charge in [-0.05, 0) is 23.6 Å². The number of amides is 1. The monoisotopic (exact) mass is 373 g/mol. The minimum atomic E-state index is -1.11. The van der Waals surface area contributed by atoms with Crippen LogP contribution in [0.15, 0.2) is 41.5 Å². The van der Waals surface area contributed by atoms with Crippen molar-refractivity contribution in [1.82, 2.24) is 10.6 Å². The van der Waals surface area contributed by atoms with E-state index in [4.69, 9.17) is 10.6 Å². The smallest absolute Gasteiger partial charge is 0.321 e. The molecule has 10 heteroatoms. The molecule has 0 bridgehead atoms. The van der Waals surface area contributed by atoms with Gasteiger partial charge in [0, 0.05) is 35.2 Å². The molecule has 0 spiro atoms. The Bertz CT molecular complexity index is 800. The van der Waals surface area contributed by atoms with Crippen molar-refractivity contribution in [2.24, 2.45) is 17.0 Å². The van der Waals surface area contributed by atoms with E-state index in [1.807, 2.05) is 0 Å². The second-order valence-electron chi connectivity index (χ2n) is 6.17. The molecule has 142 valence electrons. The van der Waals surface area contributed by atoms with Crippen LogP contribution in [-0.4, -0.2) is 47.2 Å². The maximum atomic E-state index is 12.2. The number of aliphatic carboxylic acids is 2. The molecular formula is C17H19N5O5. The average Bonchev–Trinajstić information content (AvgIpc) is 3.03. The van der Waals surface area contributed by atoms with E-state index in [2.05, 4.69) is 27.2 Å². The Labute approximate surface area is 154 Å². The lowest BCUT2D eigenvalue weighted by Crippen LogP contribution is -2.37. The summed E-state index contributed by atoms with van der Waals surface area (Å²) >= 11 is 0. The van der Waals surface area contributed by atoms with Crippen LogP contribution < -0.4 is 10.6 Å². The van der Waals surface area contributed by atoms with Crippen molar-refractivity contribution >= 4 is 23.5 Å². The lowest BCUT2D eigenvalue weighted by atomic mass is 9.83. The van der Waals surface area contributed by atoms with Crippen LogP contribution >= 0.6 is 0 Å². The zero-order chi connectivity index (χ0) is 20.0. The van der Waals surface area contributed by atoms with Gasteiger partial charge in [-0.1, -0.05) is 29.4 Å². The molecule has 3 atom stereocenters. The van der Waals surface area contributed by atoms with E-state index in [0.717, 1.165) is 0 Å². The number of carbonyl (C=O) groups excluding carboxylic acids is 1. The zero-order valence-electron chi connectivity index (χ0n) is 14.3. The number of hydrogen-bond donors (Lipinski definition) is 4. The highest BCUT2D eigenvalue weighted by Crippen LogP contribution is 2.31. The van der Waals surface area contributed by atoms with E-state index in [9.17, 15) is 19.5 Å². The molecule has 1 aromatic carbocycles. The second kappa shape index (κ2) is 8.84. The van der Waals surface area contributed by atoms with Crippen LogP contribution in [0.4, 0.5) is 5.69 Å². The van der Waals surface area contributed by atoms with Crippen LogP contribution in [0.2, 0.25) is 0 Å². The molecule has 1 aromatic rings. The number of carboxylic acids is 2. The van der Waals surface area contributed by atoms with Crippen LogP contribution in [0.25, 0.3) is 10.4 Å². The van der Waals surface area contributed by atoms with Crippen molar-refractivity contribution in [3.63, 3.8) is 0 Å². The Hall–Kier alpha value is -3.36. The fourth-order valence-electron chi connectivity index (χ4n) is 3.13. The molecule has 1 fully saturated rings. The predicted octanol–water partition coefficient (Wildman–Crippen LogP) is 1.68. The molecule has 1 heterocycles. The number of benzene rings is 1. The highest BCUT2D eigenvalue weighted by atomic mass is 16.4. The number of rotatable bonds is 8. The fourth-order valence-corrected chi connectivity index (χ4v) is 3.13. The summed E-state index contributed by atoms with van der Waals surface area (Å²) in [7, 11) is 0. The van der Waals surface area contributed by atoms with Crippen molar-refractivity contribution in [3.8, 4) is 0 Å². The normalized spacial score (nSPS) is 21.1. The topological polar surface area (TPSA) is 164 Å². The first-order chi connectivity index (χ1) is 12.8. The Morgan fingerprint density at radius 1 is 1.30 bits per heavy atom. The summed E-state index contributed by atoms with van der Waals surface area (Å²) in [6.45, 7) is 4.27. The third kappa shape index (κ3) is 5.06. The summed E-state index contributed by atoms with van der Waals surface area (Å²) in [4.78, 5) is 37.2. The highest BCUT2D eigenvalue weighted by Gasteiger charge is 2.42. The summed E-state index contributed by atoms with van der Waals surface area (Å²) in [5.41, 5.74) is 9.66. The molecular weight excluding hydrogens is 354 g/mol. The van der Waals surface area contributed by atoms with Gasteiger partial charge in [0.1, 0.15) is 6.04 Å². The molecule has 0 saturated carbocycles.